The molecule has 2 aromatic heterocycles. The Labute approximate surface area is 120 Å². The summed E-state index contributed by atoms with van der Waals surface area (Å²) in [5, 5.41) is 12.4. The molecule has 1 N–H and O–H groups in total. The maximum Gasteiger partial charge on any atom is 0.160 e. The molecule has 0 aromatic carbocycles. The van der Waals surface area contributed by atoms with Gasteiger partial charge < -0.3 is 5.32 Å². The molecule has 1 saturated carbocycles. The molecule has 2 aromatic rings. The number of pyridine rings is 1. The Hall–Kier alpha value is -1.42. The summed E-state index contributed by atoms with van der Waals surface area (Å²) in [6.07, 6.45) is 8.70. The summed E-state index contributed by atoms with van der Waals surface area (Å²) in [6, 6.07) is 6.89. The largest absolute Gasteiger partial charge is 0.304 e. The third kappa shape index (κ3) is 2.57. The average molecular weight is 272 g/mol. The third-order valence-electron chi connectivity index (χ3n) is 4.62. The van der Waals surface area contributed by atoms with Crippen LogP contribution in [0.5, 0.6) is 0 Å². The molecular formula is C16H24N4. The van der Waals surface area contributed by atoms with Crippen LogP contribution in [0.2, 0.25) is 0 Å². The van der Waals surface area contributed by atoms with Gasteiger partial charge in [-0.3, -0.25) is 4.40 Å². The summed E-state index contributed by atoms with van der Waals surface area (Å²) < 4.78 is 2.08. The van der Waals surface area contributed by atoms with Gasteiger partial charge in [-0.15, -0.1) is 10.2 Å². The molecule has 3 atom stereocenters. The zero-order chi connectivity index (χ0) is 13.9. The van der Waals surface area contributed by atoms with Gasteiger partial charge in [-0.25, -0.2) is 0 Å². The first-order valence-electron chi connectivity index (χ1n) is 7.85. The molecule has 2 heterocycles. The summed E-state index contributed by atoms with van der Waals surface area (Å²) >= 11 is 0. The van der Waals surface area contributed by atoms with Gasteiger partial charge in [-0.05, 0) is 37.8 Å². The van der Waals surface area contributed by atoms with E-state index in [0.717, 1.165) is 17.4 Å². The van der Waals surface area contributed by atoms with Gasteiger partial charge in [0.25, 0.3) is 0 Å². The summed E-state index contributed by atoms with van der Waals surface area (Å²) in [7, 11) is 0. The van der Waals surface area contributed by atoms with Crippen LogP contribution in [-0.4, -0.2) is 20.6 Å². The molecule has 1 aliphatic rings. The minimum atomic E-state index is 0.240. The van der Waals surface area contributed by atoms with Crippen molar-refractivity contribution in [3.05, 3.63) is 30.2 Å². The van der Waals surface area contributed by atoms with Crippen LogP contribution in [0.15, 0.2) is 24.4 Å². The molecule has 4 heteroatoms. The van der Waals surface area contributed by atoms with Crippen LogP contribution in [-0.2, 0) is 0 Å². The van der Waals surface area contributed by atoms with Crippen molar-refractivity contribution in [2.45, 2.75) is 58.0 Å². The van der Waals surface area contributed by atoms with Crippen LogP contribution in [0.1, 0.15) is 57.8 Å². The molecule has 4 nitrogen and oxygen atoms in total. The lowest BCUT2D eigenvalue weighted by atomic mass is 9.82. The first-order valence-corrected chi connectivity index (χ1v) is 7.85. The Kier molecular flexibility index (Phi) is 4.01. The van der Waals surface area contributed by atoms with Crippen molar-refractivity contribution in [2.75, 3.05) is 0 Å². The smallest absolute Gasteiger partial charge is 0.160 e. The molecular weight excluding hydrogens is 248 g/mol. The lowest BCUT2D eigenvalue weighted by Crippen LogP contribution is -2.40. The predicted molar refractivity (Wildman–Crippen MR) is 80.6 cm³/mol. The van der Waals surface area contributed by atoms with Gasteiger partial charge in [-0.1, -0.05) is 32.3 Å². The fourth-order valence-corrected chi connectivity index (χ4v) is 3.47. The second-order valence-corrected chi connectivity index (χ2v) is 5.93. The van der Waals surface area contributed by atoms with E-state index in [1.165, 1.54) is 32.1 Å². The first kappa shape index (κ1) is 13.6. The number of hydrogen-bond acceptors (Lipinski definition) is 3. The SMILES string of the molecule is CCC1CCCCC1NC(C)c1nnc2ccccn12. The lowest BCUT2D eigenvalue weighted by Gasteiger charge is -2.33. The van der Waals surface area contributed by atoms with E-state index < -0.39 is 0 Å². The van der Waals surface area contributed by atoms with E-state index in [9.17, 15) is 0 Å². The van der Waals surface area contributed by atoms with Crippen molar-refractivity contribution >= 4 is 5.65 Å². The van der Waals surface area contributed by atoms with Crippen molar-refractivity contribution in [3.63, 3.8) is 0 Å². The fourth-order valence-electron chi connectivity index (χ4n) is 3.47. The highest BCUT2D eigenvalue weighted by Crippen LogP contribution is 2.28. The lowest BCUT2D eigenvalue weighted by molar-refractivity contribution is 0.238. The molecule has 1 aliphatic carbocycles. The van der Waals surface area contributed by atoms with E-state index >= 15 is 0 Å². The van der Waals surface area contributed by atoms with Crippen LogP contribution in [0.4, 0.5) is 0 Å². The number of fused-ring (bicyclic) bond motifs is 1. The molecule has 0 radical (unpaired) electrons. The predicted octanol–water partition coefficient (Wildman–Crippen LogP) is 3.35. The van der Waals surface area contributed by atoms with Crippen molar-refractivity contribution in [2.24, 2.45) is 5.92 Å². The van der Waals surface area contributed by atoms with E-state index in [0.29, 0.717) is 6.04 Å². The summed E-state index contributed by atoms with van der Waals surface area (Å²) in [5.41, 5.74) is 0.923. The second-order valence-electron chi connectivity index (χ2n) is 5.93. The number of hydrogen-bond donors (Lipinski definition) is 1. The number of aromatic nitrogens is 3. The summed E-state index contributed by atoms with van der Waals surface area (Å²) in [4.78, 5) is 0. The van der Waals surface area contributed by atoms with Gasteiger partial charge in [0.2, 0.25) is 0 Å². The Morgan fingerprint density at radius 1 is 1.30 bits per heavy atom. The standard InChI is InChI=1S/C16H24N4/c1-3-13-8-4-5-9-14(13)17-12(2)16-19-18-15-10-6-7-11-20(15)16/h6-7,10-14,17H,3-5,8-9H2,1-2H3. The van der Waals surface area contributed by atoms with E-state index in [1.54, 1.807) is 0 Å². The van der Waals surface area contributed by atoms with Gasteiger partial charge in [0.1, 0.15) is 0 Å². The van der Waals surface area contributed by atoms with Gasteiger partial charge in [0.05, 0.1) is 6.04 Å². The van der Waals surface area contributed by atoms with Gasteiger partial charge >= 0.3 is 0 Å². The van der Waals surface area contributed by atoms with Gasteiger partial charge in [-0.2, -0.15) is 0 Å². The molecule has 3 rings (SSSR count). The molecule has 3 unspecified atom stereocenters. The highest BCUT2D eigenvalue weighted by atomic mass is 15.3. The van der Waals surface area contributed by atoms with E-state index in [-0.39, 0.29) is 6.04 Å². The summed E-state index contributed by atoms with van der Waals surface area (Å²) in [6.45, 7) is 4.51. The Morgan fingerprint density at radius 2 is 2.15 bits per heavy atom. The highest BCUT2D eigenvalue weighted by molar-refractivity contribution is 5.37. The molecule has 20 heavy (non-hydrogen) atoms. The number of nitrogens with zero attached hydrogens (tertiary/aromatic N) is 3. The van der Waals surface area contributed by atoms with Gasteiger partial charge in [0.15, 0.2) is 11.5 Å². The van der Waals surface area contributed by atoms with Crippen LogP contribution in [0, 0.1) is 5.92 Å². The highest BCUT2D eigenvalue weighted by Gasteiger charge is 2.26. The average Bonchev–Trinajstić information content (AvgIpc) is 2.92. The monoisotopic (exact) mass is 272 g/mol. The number of rotatable bonds is 4. The minimum Gasteiger partial charge on any atom is -0.304 e. The van der Waals surface area contributed by atoms with Crippen LogP contribution in [0.3, 0.4) is 0 Å². The molecule has 0 aliphatic heterocycles. The Balaban J connectivity index is 1.77. The van der Waals surface area contributed by atoms with Gasteiger partial charge in [0, 0.05) is 12.2 Å². The second kappa shape index (κ2) is 5.92. The fraction of sp³-hybridized carbons (Fsp3) is 0.625. The van der Waals surface area contributed by atoms with Crippen molar-refractivity contribution in [1.82, 2.24) is 19.9 Å². The summed E-state index contributed by atoms with van der Waals surface area (Å²) in [5.74, 6) is 1.83. The van der Waals surface area contributed by atoms with Crippen molar-refractivity contribution < 1.29 is 0 Å². The molecule has 0 spiro atoms. The molecule has 0 amide bonds. The Bertz CT molecular complexity index is 562. The zero-order valence-corrected chi connectivity index (χ0v) is 12.4. The van der Waals surface area contributed by atoms with Crippen LogP contribution < -0.4 is 5.32 Å². The van der Waals surface area contributed by atoms with E-state index in [2.05, 4.69) is 33.8 Å². The van der Waals surface area contributed by atoms with E-state index in [4.69, 9.17) is 0 Å². The van der Waals surface area contributed by atoms with Crippen molar-refractivity contribution in [1.29, 1.82) is 0 Å². The molecule has 0 bridgehead atoms. The maximum atomic E-state index is 4.36. The minimum absolute atomic E-state index is 0.240. The third-order valence-corrected chi connectivity index (χ3v) is 4.62. The van der Waals surface area contributed by atoms with Crippen molar-refractivity contribution in [3.8, 4) is 0 Å². The molecule has 108 valence electrons. The Morgan fingerprint density at radius 3 is 3.00 bits per heavy atom. The van der Waals surface area contributed by atoms with Crippen LogP contribution >= 0.6 is 0 Å². The quantitative estimate of drug-likeness (QED) is 0.928. The maximum absolute atomic E-state index is 4.36. The molecule has 0 saturated heterocycles. The molecule has 1 fully saturated rings. The normalized spacial score (nSPS) is 24.9. The first-order chi connectivity index (χ1) is 9.79. The topological polar surface area (TPSA) is 42.2 Å². The van der Waals surface area contributed by atoms with E-state index in [1.807, 2.05) is 24.4 Å². The number of nitrogens with one attached hydrogen (secondary N) is 1. The zero-order valence-electron chi connectivity index (χ0n) is 12.4. The van der Waals surface area contributed by atoms with Crippen LogP contribution in [0.25, 0.3) is 5.65 Å².